The van der Waals surface area contributed by atoms with Crippen LogP contribution in [-0.4, -0.2) is 49.9 Å². The summed E-state index contributed by atoms with van der Waals surface area (Å²) in [5.74, 6) is 4.19. The summed E-state index contributed by atoms with van der Waals surface area (Å²) in [6.45, 7) is 7.14. The number of nitrogens with zero attached hydrogens (tertiary/aromatic N) is 3. The number of aromatic nitrogens is 2. The van der Waals surface area contributed by atoms with Crippen molar-refractivity contribution in [3.8, 4) is 11.5 Å². The molecule has 0 atom stereocenters. The lowest BCUT2D eigenvalue weighted by Gasteiger charge is -2.29. The van der Waals surface area contributed by atoms with Crippen molar-refractivity contribution in [2.24, 2.45) is 5.92 Å². The molecule has 0 radical (unpaired) electrons. The number of nitrogens with one attached hydrogen (secondary N) is 2. The molecule has 1 fully saturated rings. The zero-order valence-corrected chi connectivity index (χ0v) is 21.5. The van der Waals surface area contributed by atoms with Crippen LogP contribution in [0.5, 0.6) is 11.5 Å². The highest BCUT2D eigenvalue weighted by Gasteiger charge is 2.22. The van der Waals surface area contributed by atoms with Crippen LogP contribution in [0.1, 0.15) is 45.1 Å². The van der Waals surface area contributed by atoms with Gasteiger partial charge in [0, 0.05) is 37.6 Å². The van der Waals surface area contributed by atoms with Gasteiger partial charge in [0.1, 0.15) is 17.3 Å². The van der Waals surface area contributed by atoms with Gasteiger partial charge >= 0.3 is 0 Å². The van der Waals surface area contributed by atoms with Crippen LogP contribution >= 0.6 is 0 Å². The summed E-state index contributed by atoms with van der Waals surface area (Å²) in [7, 11) is 4.06. The average Bonchev–Trinajstić information content (AvgIpc) is 2.86. The minimum absolute atomic E-state index is 0.412. The number of hydrogen-bond donors (Lipinski definition) is 2. The van der Waals surface area contributed by atoms with Gasteiger partial charge in [-0.1, -0.05) is 12.1 Å². The molecule has 1 saturated carbocycles. The Hall–Kier alpha value is -3.06. The summed E-state index contributed by atoms with van der Waals surface area (Å²) in [6.07, 6.45) is 4.64. The molecule has 7 nitrogen and oxygen atoms in total. The normalized spacial score (nSPS) is 17.8. The molecule has 0 amide bonds. The summed E-state index contributed by atoms with van der Waals surface area (Å²) >= 11 is 0. The quantitative estimate of drug-likeness (QED) is 0.391. The fourth-order valence-corrected chi connectivity index (χ4v) is 4.82. The summed E-state index contributed by atoms with van der Waals surface area (Å²) < 4.78 is 11.5. The Kier molecular flexibility index (Phi) is 8.64. The predicted octanol–water partition coefficient (Wildman–Crippen LogP) is 5.25. The molecule has 35 heavy (non-hydrogen) atoms. The first-order valence-electron chi connectivity index (χ1n) is 12.9. The van der Waals surface area contributed by atoms with Crippen LogP contribution in [-0.2, 0) is 6.54 Å². The second-order valence-corrected chi connectivity index (χ2v) is 9.41. The third-order valence-corrected chi connectivity index (χ3v) is 6.58. The summed E-state index contributed by atoms with van der Waals surface area (Å²) in [5.41, 5.74) is 2.13. The van der Waals surface area contributed by atoms with Crippen LogP contribution in [0.3, 0.4) is 0 Å². The zero-order chi connectivity index (χ0) is 24.6. The molecule has 1 heterocycles. The molecule has 0 unspecified atom stereocenters. The average molecular weight is 478 g/mol. The highest BCUT2D eigenvalue weighted by molar-refractivity contribution is 5.90. The van der Waals surface area contributed by atoms with E-state index < -0.39 is 0 Å². The van der Waals surface area contributed by atoms with E-state index in [0.29, 0.717) is 25.2 Å². The lowest BCUT2D eigenvalue weighted by atomic mass is 9.86. The van der Waals surface area contributed by atoms with E-state index in [1.807, 2.05) is 52.2 Å². The molecule has 1 aliphatic rings. The molecular weight excluding hydrogens is 438 g/mol. The second kappa shape index (κ2) is 12.1. The fraction of sp³-hybridized carbons (Fsp3) is 0.500. The number of rotatable bonds is 11. The van der Waals surface area contributed by atoms with Crippen molar-refractivity contribution in [1.29, 1.82) is 0 Å². The lowest BCUT2D eigenvalue weighted by molar-refractivity contribution is 0.316. The van der Waals surface area contributed by atoms with Gasteiger partial charge in [0.05, 0.1) is 18.7 Å². The Morgan fingerprint density at radius 1 is 0.943 bits per heavy atom. The molecule has 4 rings (SSSR count). The maximum Gasteiger partial charge on any atom is 0.225 e. The Morgan fingerprint density at radius 3 is 2.46 bits per heavy atom. The van der Waals surface area contributed by atoms with Gasteiger partial charge in [0.15, 0.2) is 0 Å². The van der Waals surface area contributed by atoms with Crippen LogP contribution < -0.4 is 25.0 Å². The van der Waals surface area contributed by atoms with E-state index in [1.54, 1.807) is 0 Å². The summed E-state index contributed by atoms with van der Waals surface area (Å²) in [6, 6.07) is 14.7. The van der Waals surface area contributed by atoms with Crippen molar-refractivity contribution in [1.82, 2.24) is 15.3 Å². The van der Waals surface area contributed by atoms with Crippen LogP contribution in [0.15, 0.2) is 42.5 Å². The van der Waals surface area contributed by atoms with Crippen molar-refractivity contribution in [2.45, 2.75) is 52.1 Å². The Morgan fingerprint density at radius 2 is 1.71 bits per heavy atom. The van der Waals surface area contributed by atoms with Crippen LogP contribution in [0.4, 0.5) is 11.8 Å². The fourth-order valence-electron chi connectivity index (χ4n) is 4.82. The SMILES string of the molecule is CCOc1ccc(OCC)c(CNC[C@H]2CC[C@H](Nc3nc(N(C)C)c4ccccc4n3)CC2)c1. The van der Waals surface area contributed by atoms with E-state index in [-0.39, 0.29) is 0 Å². The first-order valence-corrected chi connectivity index (χ1v) is 12.9. The van der Waals surface area contributed by atoms with Crippen molar-refractivity contribution in [3.63, 3.8) is 0 Å². The Labute approximate surface area is 209 Å². The Bertz CT molecular complexity index is 1100. The van der Waals surface area contributed by atoms with Crippen LogP contribution in [0, 0.1) is 5.92 Å². The molecule has 0 spiro atoms. The van der Waals surface area contributed by atoms with Gasteiger partial charge < -0.3 is 25.0 Å². The van der Waals surface area contributed by atoms with Crippen molar-refractivity contribution in [2.75, 3.05) is 44.1 Å². The lowest BCUT2D eigenvalue weighted by Crippen LogP contribution is -2.31. The van der Waals surface area contributed by atoms with E-state index in [0.717, 1.165) is 65.7 Å². The largest absolute Gasteiger partial charge is 0.494 e. The maximum absolute atomic E-state index is 5.81. The smallest absolute Gasteiger partial charge is 0.225 e. The predicted molar refractivity (Wildman–Crippen MR) is 144 cm³/mol. The third kappa shape index (κ3) is 6.54. The molecule has 0 aliphatic heterocycles. The van der Waals surface area contributed by atoms with Gasteiger partial charge in [-0.15, -0.1) is 0 Å². The van der Waals surface area contributed by atoms with Crippen molar-refractivity contribution >= 4 is 22.7 Å². The van der Waals surface area contributed by atoms with Crippen LogP contribution in [0.25, 0.3) is 10.9 Å². The van der Waals surface area contributed by atoms with Gasteiger partial charge in [-0.3, -0.25) is 0 Å². The third-order valence-electron chi connectivity index (χ3n) is 6.58. The molecule has 1 aromatic heterocycles. The van der Waals surface area contributed by atoms with E-state index in [9.17, 15) is 0 Å². The number of fused-ring (bicyclic) bond motifs is 1. The summed E-state index contributed by atoms with van der Waals surface area (Å²) in [5, 5.41) is 8.35. The molecule has 3 aromatic rings. The first-order chi connectivity index (χ1) is 17.1. The summed E-state index contributed by atoms with van der Waals surface area (Å²) in [4.78, 5) is 11.6. The molecular formula is C28H39N5O2. The van der Waals surface area contributed by atoms with Crippen LogP contribution in [0.2, 0.25) is 0 Å². The van der Waals surface area contributed by atoms with Gasteiger partial charge in [0.2, 0.25) is 5.95 Å². The highest BCUT2D eigenvalue weighted by atomic mass is 16.5. The monoisotopic (exact) mass is 477 g/mol. The van der Waals surface area contributed by atoms with Gasteiger partial charge in [0.25, 0.3) is 0 Å². The van der Waals surface area contributed by atoms with E-state index in [4.69, 9.17) is 19.4 Å². The first kappa shape index (κ1) is 25.0. The van der Waals surface area contributed by atoms with Gasteiger partial charge in [-0.2, -0.15) is 4.98 Å². The minimum Gasteiger partial charge on any atom is -0.494 e. The maximum atomic E-state index is 5.81. The molecule has 188 valence electrons. The molecule has 0 saturated heterocycles. The van der Waals surface area contributed by atoms with E-state index >= 15 is 0 Å². The van der Waals surface area contributed by atoms with Gasteiger partial charge in [-0.25, -0.2) is 4.98 Å². The number of benzene rings is 2. The number of ether oxygens (including phenoxy) is 2. The molecule has 1 aliphatic carbocycles. The second-order valence-electron chi connectivity index (χ2n) is 9.41. The molecule has 0 bridgehead atoms. The van der Waals surface area contributed by atoms with Crippen molar-refractivity contribution in [3.05, 3.63) is 48.0 Å². The van der Waals surface area contributed by atoms with E-state index in [1.165, 1.54) is 12.8 Å². The molecule has 2 aromatic carbocycles. The number of anilines is 2. The van der Waals surface area contributed by atoms with Gasteiger partial charge in [-0.05, 0) is 82.3 Å². The van der Waals surface area contributed by atoms with Crippen molar-refractivity contribution < 1.29 is 9.47 Å². The number of para-hydroxylation sites is 1. The highest BCUT2D eigenvalue weighted by Crippen LogP contribution is 2.29. The topological polar surface area (TPSA) is 71.5 Å². The minimum atomic E-state index is 0.412. The zero-order valence-electron chi connectivity index (χ0n) is 21.5. The van der Waals surface area contributed by atoms with E-state index in [2.05, 4.69) is 33.7 Å². The number of hydrogen-bond acceptors (Lipinski definition) is 7. The molecule has 7 heteroatoms. The molecule has 2 N–H and O–H groups in total. The standard InChI is InChI=1S/C28H39N5O2/c1-5-34-23-15-16-26(35-6-2)21(17-23)19-29-18-20-11-13-22(14-12-20)30-28-31-25-10-8-7-9-24(25)27(32-28)33(3)4/h7-10,15-17,20,22,29H,5-6,11-14,18-19H2,1-4H3,(H,30,31,32)/t20-,22-. The Balaban J connectivity index is 1.29.